The average Bonchev–Trinajstić information content (AvgIpc) is 2.28. The molecule has 4 aliphatic rings. The molecule has 0 aromatic carbocycles. The van der Waals surface area contributed by atoms with Crippen molar-refractivity contribution in [1.29, 1.82) is 0 Å². The van der Waals surface area contributed by atoms with Crippen LogP contribution in [0.1, 0.15) is 32.1 Å². The van der Waals surface area contributed by atoms with Gasteiger partial charge in [0.15, 0.2) is 0 Å². The van der Waals surface area contributed by atoms with Crippen LogP contribution in [-0.2, 0) is 9.47 Å². The fourth-order valence-corrected chi connectivity index (χ4v) is 13.1. The summed E-state index contributed by atoms with van der Waals surface area (Å²) in [6, 6.07) is 0. The molecule has 0 amide bonds. The van der Waals surface area contributed by atoms with E-state index in [1.54, 1.807) is 0 Å². The molecule has 0 heterocycles. The van der Waals surface area contributed by atoms with Crippen molar-refractivity contribution in [2.24, 2.45) is 17.8 Å². The minimum absolute atomic E-state index is 0.239. The predicted octanol–water partition coefficient (Wildman–Crippen LogP) is 3.89. The molecule has 4 bridgehead atoms. The molecule has 4 saturated carbocycles. The van der Waals surface area contributed by atoms with Crippen LogP contribution in [0.4, 0.5) is 0 Å². The van der Waals surface area contributed by atoms with Crippen molar-refractivity contribution in [2.45, 2.75) is 56.1 Å². The van der Waals surface area contributed by atoms with E-state index in [0.717, 1.165) is 9.35 Å². The van der Waals surface area contributed by atoms with Crippen LogP contribution in [0, 0.1) is 17.8 Å². The first-order valence-electron chi connectivity index (χ1n) is 7.47. The molecule has 104 valence electrons. The Hall–Kier alpha value is 0.719. The number of hydrogen-bond donors (Lipinski definition) is 0. The minimum atomic E-state index is -1.89. The topological polar surface area (TPSA) is 18.5 Å². The van der Waals surface area contributed by atoms with Crippen LogP contribution < -0.4 is 0 Å². The summed E-state index contributed by atoms with van der Waals surface area (Å²) in [7, 11) is 3.72. The molecule has 0 radical (unpaired) electrons. The van der Waals surface area contributed by atoms with Gasteiger partial charge in [-0.2, -0.15) is 0 Å². The van der Waals surface area contributed by atoms with Crippen LogP contribution in [0.25, 0.3) is 0 Å². The van der Waals surface area contributed by atoms with Crippen molar-refractivity contribution in [3.8, 4) is 0 Å². The second-order valence-corrected chi connectivity index (χ2v) is 23.9. The third-order valence-electron chi connectivity index (χ3n) is 6.56. The van der Waals surface area contributed by atoms with Gasteiger partial charge in [-0.1, -0.05) is 0 Å². The van der Waals surface area contributed by atoms with Crippen LogP contribution in [-0.4, -0.2) is 38.4 Å². The fraction of sp³-hybridized carbons (Fsp3) is 1.00. The Morgan fingerprint density at radius 3 is 1.78 bits per heavy atom. The van der Waals surface area contributed by atoms with E-state index in [2.05, 4.69) is 14.8 Å². The van der Waals surface area contributed by atoms with Gasteiger partial charge >= 0.3 is 116 Å². The maximum absolute atomic E-state index is 5.92. The van der Waals surface area contributed by atoms with E-state index in [4.69, 9.17) is 9.47 Å². The molecule has 4 aliphatic carbocycles. The van der Waals surface area contributed by atoms with E-state index in [1.165, 1.54) is 32.1 Å². The Labute approximate surface area is 116 Å². The molecule has 0 aromatic heterocycles. The van der Waals surface area contributed by atoms with Crippen LogP contribution in [0.15, 0.2) is 0 Å². The van der Waals surface area contributed by atoms with Crippen LogP contribution in [0.2, 0.25) is 18.2 Å². The summed E-state index contributed by atoms with van der Waals surface area (Å²) in [5.74, 6) is 2.05. The van der Waals surface area contributed by atoms with Crippen LogP contribution in [0.3, 0.4) is 0 Å². The van der Waals surface area contributed by atoms with Gasteiger partial charge in [-0.3, -0.25) is 0 Å². The second-order valence-electron chi connectivity index (χ2n) is 8.00. The van der Waals surface area contributed by atoms with Crippen molar-refractivity contribution < 1.29 is 9.47 Å². The van der Waals surface area contributed by atoms with Crippen LogP contribution in [0.5, 0.6) is 0 Å². The second kappa shape index (κ2) is 4.11. The van der Waals surface area contributed by atoms with Crippen molar-refractivity contribution in [3.05, 3.63) is 0 Å². The van der Waals surface area contributed by atoms with Crippen LogP contribution >= 0.6 is 0 Å². The van der Waals surface area contributed by atoms with Gasteiger partial charge in [-0.05, 0) is 0 Å². The molecule has 3 heteroatoms. The van der Waals surface area contributed by atoms with Gasteiger partial charge in [0, 0.05) is 0 Å². The monoisotopic (exact) mass is 360 g/mol. The van der Waals surface area contributed by atoms with Gasteiger partial charge in [-0.15, -0.1) is 0 Å². The number of rotatable bonds is 3. The molecule has 4 atom stereocenters. The quantitative estimate of drug-likeness (QED) is 0.562. The van der Waals surface area contributed by atoms with Crippen molar-refractivity contribution >= 4 is 18.4 Å². The first-order valence-corrected chi connectivity index (χ1v) is 17.5. The third-order valence-corrected chi connectivity index (χ3v) is 17.4. The Balaban J connectivity index is 1.98. The molecule has 0 N–H and O–H groups in total. The van der Waals surface area contributed by atoms with E-state index in [9.17, 15) is 0 Å². The van der Waals surface area contributed by atoms with E-state index in [0.29, 0.717) is 11.8 Å². The molecule has 0 aliphatic heterocycles. The maximum atomic E-state index is 5.92. The van der Waals surface area contributed by atoms with E-state index < -0.39 is 18.4 Å². The van der Waals surface area contributed by atoms with Crippen molar-refractivity contribution in [1.82, 2.24) is 0 Å². The molecule has 2 nitrogen and oxygen atoms in total. The fourth-order valence-electron chi connectivity index (χ4n) is 5.60. The summed E-state index contributed by atoms with van der Waals surface area (Å²) in [6.45, 7) is 0. The molecular weight excluding hydrogens is 331 g/mol. The summed E-state index contributed by atoms with van der Waals surface area (Å²) < 4.78 is 12.6. The SMILES string of the molecule is COC1(OC)[C@@H]2CC3C[C@H]1C[C]([Sn]([CH3])([CH3])[CH3])(C3)C2. The van der Waals surface area contributed by atoms with E-state index in [1.807, 2.05) is 14.2 Å². The molecule has 18 heavy (non-hydrogen) atoms. The van der Waals surface area contributed by atoms with E-state index >= 15 is 0 Å². The third kappa shape index (κ3) is 1.61. The molecular formula is C15H28O2Sn. The molecule has 4 fully saturated rings. The summed E-state index contributed by atoms with van der Waals surface area (Å²) in [4.78, 5) is 7.93. The van der Waals surface area contributed by atoms with Gasteiger partial charge in [0.1, 0.15) is 0 Å². The Bertz CT molecular complexity index is 325. The van der Waals surface area contributed by atoms with Gasteiger partial charge in [0.05, 0.1) is 0 Å². The van der Waals surface area contributed by atoms with Crippen molar-refractivity contribution in [3.63, 3.8) is 0 Å². The molecule has 2 unspecified atom stereocenters. The molecule has 0 aromatic rings. The summed E-state index contributed by atoms with van der Waals surface area (Å²) in [5.41, 5.74) is 0. The average molecular weight is 359 g/mol. The van der Waals surface area contributed by atoms with Gasteiger partial charge < -0.3 is 0 Å². The summed E-state index contributed by atoms with van der Waals surface area (Å²) in [5, 5.41) is 0. The first kappa shape index (κ1) is 13.7. The zero-order chi connectivity index (χ0) is 13.2. The molecule has 4 rings (SSSR count). The van der Waals surface area contributed by atoms with Gasteiger partial charge in [-0.25, -0.2) is 0 Å². The zero-order valence-corrected chi connectivity index (χ0v) is 15.4. The Kier molecular flexibility index (Phi) is 3.13. The Morgan fingerprint density at radius 1 is 0.889 bits per heavy atom. The summed E-state index contributed by atoms with van der Waals surface area (Å²) in [6.07, 6.45) is 7.01. The summed E-state index contributed by atoms with van der Waals surface area (Å²) >= 11 is -1.89. The standard InChI is InChI=1S/C12H19O2.3CH3.Sn/c1-13-12(14-2)10-4-8-3-9(6-10)7-11(12)5-8;;;;/h8,10-11H,3-7H2,1-2H3;3*1H3;/t8?,10-,11+;;;;. The first-order chi connectivity index (χ1) is 8.37. The molecule has 0 spiro atoms. The molecule has 0 saturated heterocycles. The van der Waals surface area contributed by atoms with Crippen molar-refractivity contribution in [2.75, 3.05) is 14.2 Å². The normalized spacial score (nSPS) is 45.5. The Morgan fingerprint density at radius 2 is 1.39 bits per heavy atom. The number of methoxy groups -OCH3 is 2. The number of hydrogen-bond acceptors (Lipinski definition) is 2. The number of ether oxygens (including phenoxy) is 2. The predicted molar refractivity (Wildman–Crippen MR) is 76.3 cm³/mol. The zero-order valence-electron chi connectivity index (χ0n) is 12.6. The van der Waals surface area contributed by atoms with Gasteiger partial charge in [0.2, 0.25) is 0 Å². The van der Waals surface area contributed by atoms with E-state index in [-0.39, 0.29) is 5.79 Å². The van der Waals surface area contributed by atoms with Gasteiger partial charge in [0.25, 0.3) is 0 Å².